The maximum absolute atomic E-state index is 12.5. The van der Waals surface area contributed by atoms with Crippen LogP contribution >= 0.6 is 0 Å². The van der Waals surface area contributed by atoms with E-state index in [-0.39, 0.29) is 11.2 Å². The van der Waals surface area contributed by atoms with Crippen LogP contribution in [-0.2, 0) is 14.9 Å². The average molecular weight is 314 g/mol. The molecule has 0 radical (unpaired) electrons. The van der Waals surface area contributed by atoms with Crippen LogP contribution in [0.15, 0.2) is 35.9 Å². The highest BCUT2D eigenvalue weighted by molar-refractivity contribution is 5.94. The molecular formula is C20H26O3. The number of benzene rings is 1. The lowest BCUT2D eigenvalue weighted by molar-refractivity contribution is -0.137. The van der Waals surface area contributed by atoms with E-state index in [1.165, 1.54) is 12.5 Å². The Morgan fingerprint density at radius 3 is 2.17 bits per heavy atom. The van der Waals surface area contributed by atoms with Crippen LogP contribution in [0.5, 0.6) is 0 Å². The molecule has 0 saturated carbocycles. The third-order valence-corrected chi connectivity index (χ3v) is 4.62. The van der Waals surface area contributed by atoms with E-state index in [4.69, 9.17) is 4.74 Å². The molecule has 0 N–H and O–H groups in total. The van der Waals surface area contributed by atoms with Gasteiger partial charge in [0.15, 0.2) is 11.4 Å². The summed E-state index contributed by atoms with van der Waals surface area (Å²) in [5.74, 6) is -0.505. The van der Waals surface area contributed by atoms with Gasteiger partial charge < -0.3 is 4.74 Å². The second-order valence-electron chi connectivity index (χ2n) is 7.52. The third kappa shape index (κ3) is 3.90. The Morgan fingerprint density at radius 1 is 1.13 bits per heavy atom. The summed E-state index contributed by atoms with van der Waals surface area (Å²) in [5, 5.41) is 0. The molecule has 1 unspecified atom stereocenters. The van der Waals surface area contributed by atoms with Crippen LogP contribution in [0.4, 0.5) is 0 Å². The molecule has 1 atom stereocenters. The molecule has 3 nitrogen and oxygen atoms in total. The van der Waals surface area contributed by atoms with Crippen LogP contribution in [0.3, 0.4) is 0 Å². The fourth-order valence-electron chi connectivity index (χ4n) is 2.77. The number of carbonyl (C=O) groups is 2. The minimum absolute atomic E-state index is 0.0364. The molecule has 3 heteroatoms. The number of ether oxygens (including phenoxy) is 1. The maximum atomic E-state index is 12.5. The molecule has 0 aliphatic heterocycles. The summed E-state index contributed by atoms with van der Waals surface area (Å²) in [5.41, 5.74) is 1.93. The van der Waals surface area contributed by atoms with Crippen molar-refractivity contribution in [3.05, 3.63) is 47.0 Å². The molecule has 0 aromatic heterocycles. The molecule has 0 heterocycles. The van der Waals surface area contributed by atoms with Crippen LogP contribution in [0.25, 0.3) is 0 Å². The fourth-order valence-corrected chi connectivity index (χ4v) is 2.77. The summed E-state index contributed by atoms with van der Waals surface area (Å²) < 4.78 is 5.67. The Morgan fingerprint density at radius 2 is 1.74 bits per heavy atom. The van der Waals surface area contributed by atoms with Gasteiger partial charge in [-0.1, -0.05) is 44.6 Å². The van der Waals surface area contributed by atoms with Gasteiger partial charge in [0.05, 0.1) is 5.56 Å². The Hall–Kier alpha value is -1.90. The molecule has 1 aliphatic rings. The lowest BCUT2D eigenvalue weighted by atomic mass is 9.83. The first-order valence-electron chi connectivity index (χ1n) is 8.15. The lowest BCUT2D eigenvalue weighted by Gasteiger charge is -2.33. The highest BCUT2D eigenvalue weighted by Gasteiger charge is 2.40. The molecule has 1 aromatic carbocycles. The smallest absolute Gasteiger partial charge is 0.339 e. The van der Waals surface area contributed by atoms with Crippen molar-refractivity contribution in [1.82, 2.24) is 0 Å². The number of Topliss-reactive ketones (excluding diaryl/α,β-unsaturated/α-hetero) is 1. The Bertz CT molecular complexity index is 632. The van der Waals surface area contributed by atoms with Crippen LogP contribution in [-0.4, -0.2) is 17.4 Å². The third-order valence-electron chi connectivity index (χ3n) is 4.62. The van der Waals surface area contributed by atoms with E-state index < -0.39 is 11.6 Å². The van der Waals surface area contributed by atoms with E-state index in [1.807, 2.05) is 25.1 Å². The Labute approximate surface area is 138 Å². The van der Waals surface area contributed by atoms with E-state index in [0.29, 0.717) is 18.4 Å². The molecule has 124 valence electrons. The topological polar surface area (TPSA) is 43.4 Å². The summed E-state index contributed by atoms with van der Waals surface area (Å²) in [6, 6.07) is 7.45. The average Bonchev–Trinajstić information content (AvgIpc) is 2.49. The summed E-state index contributed by atoms with van der Waals surface area (Å²) in [7, 11) is 0. The van der Waals surface area contributed by atoms with E-state index in [1.54, 1.807) is 12.1 Å². The van der Waals surface area contributed by atoms with Crippen molar-refractivity contribution >= 4 is 11.8 Å². The molecule has 23 heavy (non-hydrogen) atoms. The Kier molecular flexibility index (Phi) is 4.79. The van der Waals surface area contributed by atoms with Gasteiger partial charge in [-0.05, 0) is 49.8 Å². The van der Waals surface area contributed by atoms with E-state index in [2.05, 4.69) is 20.8 Å². The van der Waals surface area contributed by atoms with E-state index >= 15 is 0 Å². The first-order chi connectivity index (χ1) is 10.6. The number of hydrogen-bond acceptors (Lipinski definition) is 3. The standard InChI is InChI=1S/C20H26O3/c1-14-10-12-20(13-11-14,15(2)21)23-18(22)16-6-8-17(9-7-16)19(3,4)5/h6-10H,11-13H2,1-5H3. The van der Waals surface area contributed by atoms with Crippen LogP contribution in [0, 0.1) is 0 Å². The van der Waals surface area contributed by atoms with Crippen LogP contribution < -0.4 is 0 Å². The summed E-state index contributed by atoms with van der Waals surface area (Å²) >= 11 is 0. The number of ketones is 1. The summed E-state index contributed by atoms with van der Waals surface area (Å²) in [6.45, 7) is 9.92. The Balaban J connectivity index is 2.18. The second-order valence-corrected chi connectivity index (χ2v) is 7.52. The highest BCUT2D eigenvalue weighted by atomic mass is 16.6. The molecule has 1 aromatic rings. The van der Waals surface area contributed by atoms with Crippen molar-refractivity contribution in [1.29, 1.82) is 0 Å². The zero-order valence-corrected chi connectivity index (χ0v) is 14.7. The van der Waals surface area contributed by atoms with Gasteiger partial charge in [-0.2, -0.15) is 0 Å². The molecule has 2 rings (SSSR count). The van der Waals surface area contributed by atoms with Crippen LogP contribution in [0.1, 0.15) is 69.8 Å². The molecule has 0 amide bonds. The number of hydrogen-bond donors (Lipinski definition) is 0. The minimum Gasteiger partial charge on any atom is -0.447 e. The molecule has 1 aliphatic carbocycles. The normalized spacial score (nSPS) is 21.5. The SMILES string of the molecule is CC(=O)C1(OC(=O)c2ccc(C(C)(C)C)cc2)CC=C(C)CC1. The van der Waals surface area contributed by atoms with Crippen LogP contribution in [0.2, 0.25) is 0 Å². The van der Waals surface area contributed by atoms with Gasteiger partial charge in [0.2, 0.25) is 0 Å². The van der Waals surface area contributed by atoms with E-state index in [9.17, 15) is 9.59 Å². The van der Waals surface area contributed by atoms with E-state index in [0.717, 1.165) is 12.0 Å². The summed E-state index contributed by atoms with van der Waals surface area (Å²) in [4.78, 5) is 24.5. The molecule has 0 fully saturated rings. The van der Waals surface area contributed by atoms with Gasteiger partial charge in [-0.15, -0.1) is 0 Å². The zero-order chi connectivity index (χ0) is 17.3. The summed E-state index contributed by atoms with van der Waals surface area (Å²) in [6.07, 6.45) is 3.83. The number of rotatable bonds is 3. The van der Waals surface area contributed by atoms with Crippen molar-refractivity contribution in [2.45, 2.75) is 64.9 Å². The van der Waals surface area contributed by atoms with Gasteiger partial charge in [-0.25, -0.2) is 4.79 Å². The van der Waals surface area contributed by atoms with Crippen molar-refractivity contribution in [2.24, 2.45) is 0 Å². The lowest BCUT2D eigenvalue weighted by Crippen LogP contribution is -2.43. The van der Waals surface area contributed by atoms with Gasteiger partial charge in [0.25, 0.3) is 0 Å². The molecular weight excluding hydrogens is 288 g/mol. The second kappa shape index (κ2) is 6.31. The van der Waals surface area contributed by atoms with Crippen molar-refractivity contribution in [3.8, 4) is 0 Å². The molecule has 0 spiro atoms. The number of carbonyl (C=O) groups excluding carboxylic acids is 2. The predicted molar refractivity (Wildman–Crippen MR) is 91.6 cm³/mol. The molecule has 0 bridgehead atoms. The van der Waals surface area contributed by atoms with Crippen molar-refractivity contribution in [3.63, 3.8) is 0 Å². The first-order valence-corrected chi connectivity index (χ1v) is 8.15. The zero-order valence-electron chi connectivity index (χ0n) is 14.7. The van der Waals surface area contributed by atoms with Crippen molar-refractivity contribution < 1.29 is 14.3 Å². The largest absolute Gasteiger partial charge is 0.447 e. The first kappa shape index (κ1) is 17.5. The quantitative estimate of drug-likeness (QED) is 0.605. The monoisotopic (exact) mass is 314 g/mol. The van der Waals surface area contributed by atoms with Gasteiger partial charge in [0.1, 0.15) is 0 Å². The minimum atomic E-state index is -1.00. The molecule has 0 saturated heterocycles. The number of allylic oxidation sites excluding steroid dienone is 1. The maximum Gasteiger partial charge on any atom is 0.339 e. The van der Waals surface area contributed by atoms with Gasteiger partial charge in [0, 0.05) is 6.42 Å². The fraction of sp³-hybridized carbons (Fsp3) is 0.500. The predicted octanol–water partition coefficient (Wildman–Crippen LogP) is 4.60. The number of esters is 1. The van der Waals surface area contributed by atoms with Crippen molar-refractivity contribution in [2.75, 3.05) is 0 Å². The van der Waals surface area contributed by atoms with Gasteiger partial charge in [-0.3, -0.25) is 4.79 Å². The van der Waals surface area contributed by atoms with Gasteiger partial charge >= 0.3 is 5.97 Å². The highest BCUT2D eigenvalue weighted by Crippen LogP contribution is 2.33.